The molecular formula is C16H19NO2. The van der Waals surface area contributed by atoms with Crippen molar-refractivity contribution in [3.8, 4) is 22.6 Å². The molecule has 0 fully saturated rings. The van der Waals surface area contributed by atoms with Crippen LogP contribution in [-0.2, 0) is 6.42 Å². The summed E-state index contributed by atoms with van der Waals surface area (Å²) in [6, 6.07) is 14.3. The standard InChI is InChI=1S/C16H19NO2/c1-18-15-7-6-14(11-16(15)19-2)13-5-3-4-12(10-13)8-9-17/h3-7,10-11H,8-9,17H2,1-2H3. The second kappa shape index (κ2) is 6.25. The van der Waals surface area contributed by atoms with E-state index in [1.165, 1.54) is 5.56 Å². The summed E-state index contributed by atoms with van der Waals surface area (Å²) in [5.74, 6) is 1.48. The average molecular weight is 257 g/mol. The van der Waals surface area contributed by atoms with Gasteiger partial charge in [-0.3, -0.25) is 0 Å². The number of hydrogen-bond donors (Lipinski definition) is 1. The van der Waals surface area contributed by atoms with Crippen molar-refractivity contribution in [1.82, 2.24) is 0 Å². The molecular weight excluding hydrogens is 238 g/mol. The van der Waals surface area contributed by atoms with Crippen molar-refractivity contribution in [2.75, 3.05) is 20.8 Å². The lowest BCUT2D eigenvalue weighted by atomic mass is 10.0. The zero-order valence-electron chi connectivity index (χ0n) is 11.3. The van der Waals surface area contributed by atoms with Gasteiger partial charge in [0.2, 0.25) is 0 Å². The molecule has 0 spiro atoms. The van der Waals surface area contributed by atoms with E-state index in [9.17, 15) is 0 Å². The van der Waals surface area contributed by atoms with Gasteiger partial charge < -0.3 is 15.2 Å². The second-order valence-corrected chi connectivity index (χ2v) is 4.31. The van der Waals surface area contributed by atoms with Gasteiger partial charge >= 0.3 is 0 Å². The van der Waals surface area contributed by atoms with Crippen LogP contribution in [0.2, 0.25) is 0 Å². The Morgan fingerprint density at radius 3 is 2.32 bits per heavy atom. The van der Waals surface area contributed by atoms with Crippen LogP contribution in [0.5, 0.6) is 11.5 Å². The van der Waals surface area contributed by atoms with Crippen molar-refractivity contribution in [2.45, 2.75) is 6.42 Å². The van der Waals surface area contributed by atoms with Gasteiger partial charge in [-0.05, 0) is 41.8 Å². The molecule has 2 aromatic carbocycles. The van der Waals surface area contributed by atoms with Crippen molar-refractivity contribution in [1.29, 1.82) is 0 Å². The normalized spacial score (nSPS) is 10.3. The number of methoxy groups -OCH3 is 2. The molecule has 100 valence electrons. The van der Waals surface area contributed by atoms with E-state index in [4.69, 9.17) is 15.2 Å². The Morgan fingerprint density at radius 2 is 1.63 bits per heavy atom. The lowest BCUT2D eigenvalue weighted by Crippen LogP contribution is -2.02. The highest BCUT2D eigenvalue weighted by Crippen LogP contribution is 2.32. The third-order valence-corrected chi connectivity index (χ3v) is 3.08. The monoisotopic (exact) mass is 257 g/mol. The predicted molar refractivity (Wildman–Crippen MR) is 77.7 cm³/mol. The lowest BCUT2D eigenvalue weighted by Gasteiger charge is -2.10. The Labute approximate surface area is 114 Å². The molecule has 0 atom stereocenters. The zero-order valence-corrected chi connectivity index (χ0v) is 11.3. The predicted octanol–water partition coefficient (Wildman–Crippen LogP) is 2.87. The van der Waals surface area contributed by atoms with Gasteiger partial charge in [-0.25, -0.2) is 0 Å². The summed E-state index contributed by atoms with van der Waals surface area (Å²) in [7, 11) is 3.28. The lowest BCUT2D eigenvalue weighted by molar-refractivity contribution is 0.355. The first-order valence-electron chi connectivity index (χ1n) is 6.30. The average Bonchev–Trinajstić information content (AvgIpc) is 2.47. The quantitative estimate of drug-likeness (QED) is 0.895. The number of nitrogens with two attached hydrogens (primary N) is 1. The van der Waals surface area contributed by atoms with Crippen molar-refractivity contribution in [2.24, 2.45) is 5.73 Å². The van der Waals surface area contributed by atoms with E-state index in [0.29, 0.717) is 6.54 Å². The van der Waals surface area contributed by atoms with Crippen LogP contribution >= 0.6 is 0 Å². The molecule has 0 unspecified atom stereocenters. The third-order valence-electron chi connectivity index (χ3n) is 3.08. The van der Waals surface area contributed by atoms with Crippen LogP contribution in [0.1, 0.15) is 5.56 Å². The van der Waals surface area contributed by atoms with Crippen LogP contribution in [-0.4, -0.2) is 20.8 Å². The molecule has 0 radical (unpaired) electrons. The van der Waals surface area contributed by atoms with Crippen LogP contribution in [0.3, 0.4) is 0 Å². The number of benzene rings is 2. The van der Waals surface area contributed by atoms with E-state index in [2.05, 4.69) is 24.3 Å². The fourth-order valence-corrected chi connectivity index (χ4v) is 2.09. The van der Waals surface area contributed by atoms with Crippen LogP contribution in [0.25, 0.3) is 11.1 Å². The molecule has 0 aliphatic rings. The maximum atomic E-state index is 5.60. The summed E-state index contributed by atoms with van der Waals surface area (Å²) in [5, 5.41) is 0. The van der Waals surface area contributed by atoms with Gasteiger partial charge in [-0.1, -0.05) is 30.3 Å². The van der Waals surface area contributed by atoms with Crippen molar-refractivity contribution >= 4 is 0 Å². The highest BCUT2D eigenvalue weighted by atomic mass is 16.5. The van der Waals surface area contributed by atoms with Gasteiger partial charge in [0, 0.05) is 0 Å². The molecule has 0 saturated carbocycles. The minimum Gasteiger partial charge on any atom is -0.493 e. The van der Waals surface area contributed by atoms with E-state index < -0.39 is 0 Å². The van der Waals surface area contributed by atoms with Crippen molar-refractivity contribution < 1.29 is 9.47 Å². The van der Waals surface area contributed by atoms with Crippen molar-refractivity contribution in [3.05, 3.63) is 48.0 Å². The molecule has 3 heteroatoms. The van der Waals surface area contributed by atoms with E-state index >= 15 is 0 Å². The summed E-state index contributed by atoms with van der Waals surface area (Å²) in [5.41, 5.74) is 9.11. The summed E-state index contributed by atoms with van der Waals surface area (Å²) in [6.07, 6.45) is 0.890. The van der Waals surface area contributed by atoms with Gasteiger partial charge in [0.05, 0.1) is 14.2 Å². The molecule has 0 saturated heterocycles. The molecule has 19 heavy (non-hydrogen) atoms. The first-order chi connectivity index (χ1) is 9.28. The molecule has 2 N–H and O–H groups in total. The molecule has 0 aliphatic carbocycles. The van der Waals surface area contributed by atoms with Gasteiger partial charge in [-0.2, -0.15) is 0 Å². The SMILES string of the molecule is COc1ccc(-c2cccc(CCN)c2)cc1OC. The van der Waals surface area contributed by atoms with E-state index in [-0.39, 0.29) is 0 Å². The molecule has 0 aliphatic heterocycles. The van der Waals surface area contributed by atoms with Gasteiger partial charge in [0.1, 0.15) is 0 Å². The Morgan fingerprint density at radius 1 is 0.895 bits per heavy atom. The van der Waals surface area contributed by atoms with Gasteiger partial charge in [0.15, 0.2) is 11.5 Å². The fraction of sp³-hybridized carbons (Fsp3) is 0.250. The van der Waals surface area contributed by atoms with Crippen LogP contribution in [0.15, 0.2) is 42.5 Å². The first kappa shape index (κ1) is 13.4. The minimum atomic E-state index is 0.662. The summed E-state index contributed by atoms with van der Waals surface area (Å²) in [6.45, 7) is 0.662. The Hall–Kier alpha value is -2.00. The summed E-state index contributed by atoms with van der Waals surface area (Å²) >= 11 is 0. The van der Waals surface area contributed by atoms with E-state index in [1.54, 1.807) is 14.2 Å². The van der Waals surface area contributed by atoms with Crippen LogP contribution in [0.4, 0.5) is 0 Å². The molecule has 0 amide bonds. The molecule has 0 aromatic heterocycles. The van der Waals surface area contributed by atoms with Gasteiger partial charge in [-0.15, -0.1) is 0 Å². The number of rotatable bonds is 5. The highest BCUT2D eigenvalue weighted by molar-refractivity contribution is 5.67. The Bertz CT molecular complexity index is 552. The Balaban J connectivity index is 2.38. The van der Waals surface area contributed by atoms with Crippen molar-refractivity contribution in [3.63, 3.8) is 0 Å². The van der Waals surface area contributed by atoms with Crippen LogP contribution < -0.4 is 15.2 Å². The minimum absolute atomic E-state index is 0.662. The number of ether oxygens (including phenoxy) is 2. The molecule has 2 aromatic rings. The zero-order chi connectivity index (χ0) is 13.7. The molecule has 2 rings (SSSR count). The van der Waals surface area contributed by atoms with Gasteiger partial charge in [0.25, 0.3) is 0 Å². The van der Waals surface area contributed by atoms with E-state index in [0.717, 1.165) is 29.0 Å². The Kier molecular flexibility index (Phi) is 4.42. The smallest absolute Gasteiger partial charge is 0.161 e. The largest absolute Gasteiger partial charge is 0.493 e. The summed E-state index contributed by atoms with van der Waals surface area (Å²) < 4.78 is 10.6. The first-order valence-corrected chi connectivity index (χ1v) is 6.30. The van der Waals surface area contributed by atoms with E-state index in [1.807, 2.05) is 18.2 Å². The number of hydrogen-bond acceptors (Lipinski definition) is 3. The topological polar surface area (TPSA) is 44.5 Å². The molecule has 3 nitrogen and oxygen atoms in total. The third kappa shape index (κ3) is 3.06. The van der Waals surface area contributed by atoms with Crippen LogP contribution in [0, 0.1) is 0 Å². The second-order valence-electron chi connectivity index (χ2n) is 4.31. The maximum absolute atomic E-state index is 5.60. The fourth-order valence-electron chi connectivity index (χ4n) is 2.09. The summed E-state index contributed by atoms with van der Waals surface area (Å²) in [4.78, 5) is 0. The maximum Gasteiger partial charge on any atom is 0.161 e. The molecule has 0 heterocycles. The molecule has 0 bridgehead atoms. The highest BCUT2D eigenvalue weighted by Gasteiger charge is 2.06.